The van der Waals surface area contributed by atoms with Crippen LogP contribution in [0, 0.1) is 0 Å². The third kappa shape index (κ3) is 6.67. The second-order valence-corrected chi connectivity index (χ2v) is 10.1. The number of carbonyl (C=O) groups is 2. The largest absolute Gasteiger partial charge is 0.490 e. The van der Waals surface area contributed by atoms with Crippen molar-refractivity contribution in [2.24, 2.45) is 0 Å². The van der Waals surface area contributed by atoms with E-state index < -0.39 is 17.8 Å². The van der Waals surface area contributed by atoms with Crippen molar-refractivity contribution in [1.29, 1.82) is 0 Å². The van der Waals surface area contributed by atoms with Gasteiger partial charge in [0.2, 0.25) is 0 Å². The molecular formula is C26H36N2O7. The van der Waals surface area contributed by atoms with Gasteiger partial charge in [-0.2, -0.15) is 0 Å². The van der Waals surface area contributed by atoms with Crippen molar-refractivity contribution in [3.05, 3.63) is 30.0 Å². The Morgan fingerprint density at radius 2 is 2.00 bits per heavy atom. The van der Waals surface area contributed by atoms with Gasteiger partial charge in [0.15, 0.2) is 17.4 Å². The first-order valence-electron chi connectivity index (χ1n) is 12.3. The fourth-order valence-electron chi connectivity index (χ4n) is 4.14. The topological polar surface area (TPSA) is 90.7 Å². The highest BCUT2D eigenvalue weighted by Crippen LogP contribution is 2.33. The van der Waals surface area contributed by atoms with Crippen molar-refractivity contribution in [2.75, 3.05) is 40.0 Å². The SMILES string of the molecule is COCCCOc1cc(CN(C(=O)[C@H]2CN(C(=O)OC(C)(C)C)CCO2)C2CC2)cc2ccoc12. The smallest absolute Gasteiger partial charge is 0.410 e. The first-order chi connectivity index (χ1) is 16.7. The van der Waals surface area contributed by atoms with E-state index in [2.05, 4.69) is 0 Å². The molecular weight excluding hydrogens is 452 g/mol. The van der Waals surface area contributed by atoms with Crippen LogP contribution in [-0.2, 0) is 25.5 Å². The van der Waals surface area contributed by atoms with Gasteiger partial charge in [0.05, 0.1) is 26.0 Å². The van der Waals surface area contributed by atoms with Crippen molar-refractivity contribution in [2.45, 2.75) is 64.3 Å². The second kappa shape index (κ2) is 10.9. The molecule has 2 aliphatic rings. The number of furan rings is 1. The Kier molecular flexibility index (Phi) is 7.86. The van der Waals surface area contributed by atoms with Crippen LogP contribution in [0.3, 0.4) is 0 Å². The number of nitrogens with zero attached hydrogens (tertiary/aromatic N) is 2. The summed E-state index contributed by atoms with van der Waals surface area (Å²) in [6.07, 6.45) is 3.20. The van der Waals surface area contributed by atoms with E-state index in [1.165, 1.54) is 0 Å². The fourth-order valence-corrected chi connectivity index (χ4v) is 4.14. The van der Waals surface area contributed by atoms with Gasteiger partial charge in [-0.3, -0.25) is 4.79 Å². The molecule has 0 radical (unpaired) electrons. The normalized spacial score (nSPS) is 18.5. The lowest BCUT2D eigenvalue weighted by Gasteiger charge is -2.36. The number of hydrogen-bond donors (Lipinski definition) is 0. The number of amides is 2. The van der Waals surface area contributed by atoms with Crippen molar-refractivity contribution in [1.82, 2.24) is 9.80 Å². The third-order valence-electron chi connectivity index (χ3n) is 5.94. The van der Waals surface area contributed by atoms with E-state index in [4.69, 9.17) is 23.4 Å². The molecule has 2 amide bonds. The predicted octanol–water partition coefficient (Wildman–Crippen LogP) is 3.98. The van der Waals surface area contributed by atoms with Crippen molar-refractivity contribution >= 4 is 23.0 Å². The highest BCUT2D eigenvalue weighted by molar-refractivity contribution is 5.85. The predicted molar refractivity (Wildman–Crippen MR) is 129 cm³/mol. The molecule has 9 heteroatoms. The summed E-state index contributed by atoms with van der Waals surface area (Å²) in [6, 6.07) is 6.04. The molecule has 0 spiro atoms. The van der Waals surface area contributed by atoms with E-state index in [9.17, 15) is 9.59 Å². The molecule has 0 bridgehead atoms. The summed E-state index contributed by atoms with van der Waals surface area (Å²) in [5.74, 6) is 0.558. The number of fused-ring (bicyclic) bond motifs is 1. The van der Waals surface area contributed by atoms with Gasteiger partial charge in [-0.25, -0.2) is 4.79 Å². The van der Waals surface area contributed by atoms with E-state index in [-0.39, 0.29) is 18.5 Å². The van der Waals surface area contributed by atoms with Crippen LogP contribution in [0.15, 0.2) is 28.9 Å². The van der Waals surface area contributed by atoms with Gasteiger partial charge in [-0.15, -0.1) is 0 Å². The van der Waals surface area contributed by atoms with Crippen molar-refractivity contribution in [3.8, 4) is 5.75 Å². The molecule has 0 N–H and O–H groups in total. The molecule has 1 aliphatic heterocycles. The molecule has 35 heavy (non-hydrogen) atoms. The van der Waals surface area contributed by atoms with Gasteiger partial charge in [0.25, 0.3) is 5.91 Å². The van der Waals surface area contributed by atoms with Gasteiger partial charge >= 0.3 is 6.09 Å². The Labute approximate surface area is 206 Å². The number of benzene rings is 1. The standard InChI is InChI=1S/C26H36N2O7/c1-26(2,3)35-25(30)27-9-13-33-22(17-27)24(29)28(20-6-7-20)16-18-14-19-8-12-34-23(19)21(15-18)32-11-5-10-31-4/h8,12,14-15,20,22H,5-7,9-11,13,16-17H2,1-4H3/t22-/m1/s1. The van der Waals surface area contributed by atoms with Gasteiger partial charge in [0, 0.05) is 44.7 Å². The van der Waals surface area contributed by atoms with E-state index >= 15 is 0 Å². The lowest BCUT2D eigenvalue weighted by molar-refractivity contribution is -0.150. The highest BCUT2D eigenvalue weighted by Gasteiger charge is 2.39. The molecule has 2 aromatic rings. The maximum absolute atomic E-state index is 13.5. The molecule has 0 unspecified atom stereocenters. The van der Waals surface area contributed by atoms with E-state index in [1.807, 2.05) is 43.9 Å². The zero-order valence-electron chi connectivity index (χ0n) is 21.1. The van der Waals surface area contributed by atoms with Crippen LogP contribution in [0.1, 0.15) is 45.6 Å². The van der Waals surface area contributed by atoms with Crippen LogP contribution in [0.25, 0.3) is 11.0 Å². The number of ether oxygens (including phenoxy) is 4. The van der Waals surface area contributed by atoms with Crippen molar-refractivity contribution < 1.29 is 33.0 Å². The average molecular weight is 489 g/mol. The van der Waals surface area contributed by atoms with Gasteiger partial charge < -0.3 is 33.2 Å². The molecule has 1 atom stereocenters. The summed E-state index contributed by atoms with van der Waals surface area (Å²) in [6.45, 7) is 7.94. The molecule has 1 saturated carbocycles. The van der Waals surface area contributed by atoms with Gasteiger partial charge in [0.1, 0.15) is 5.60 Å². The Morgan fingerprint density at radius 3 is 2.71 bits per heavy atom. The van der Waals surface area contributed by atoms with E-state index in [0.29, 0.717) is 44.2 Å². The minimum atomic E-state index is -0.709. The summed E-state index contributed by atoms with van der Waals surface area (Å²) >= 11 is 0. The first-order valence-corrected chi connectivity index (χ1v) is 12.3. The summed E-state index contributed by atoms with van der Waals surface area (Å²) in [4.78, 5) is 29.5. The quantitative estimate of drug-likeness (QED) is 0.493. The molecule has 1 aromatic carbocycles. The zero-order valence-corrected chi connectivity index (χ0v) is 21.1. The number of hydrogen-bond acceptors (Lipinski definition) is 7. The van der Waals surface area contributed by atoms with Crippen LogP contribution in [0.4, 0.5) is 4.79 Å². The van der Waals surface area contributed by atoms with Crippen LogP contribution in [-0.4, -0.2) is 79.6 Å². The summed E-state index contributed by atoms with van der Waals surface area (Å²) in [5.41, 5.74) is 1.06. The molecule has 1 saturated heterocycles. The Bertz CT molecular complexity index is 1020. The first kappa shape index (κ1) is 25.3. The molecule has 2 fully saturated rings. The van der Waals surface area contributed by atoms with Crippen molar-refractivity contribution in [3.63, 3.8) is 0 Å². The number of carbonyl (C=O) groups excluding carboxylic acids is 2. The molecule has 192 valence electrons. The zero-order chi connectivity index (χ0) is 25.0. The maximum Gasteiger partial charge on any atom is 0.410 e. The number of morpholine rings is 1. The molecule has 1 aromatic heterocycles. The average Bonchev–Trinajstić information content (AvgIpc) is 3.55. The highest BCUT2D eigenvalue weighted by atomic mass is 16.6. The maximum atomic E-state index is 13.5. The van der Waals surface area contributed by atoms with Crippen LogP contribution >= 0.6 is 0 Å². The van der Waals surface area contributed by atoms with Gasteiger partial charge in [-0.1, -0.05) is 0 Å². The summed E-state index contributed by atoms with van der Waals surface area (Å²) in [5, 5.41) is 0.928. The summed E-state index contributed by atoms with van der Waals surface area (Å²) in [7, 11) is 1.66. The summed E-state index contributed by atoms with van der Waals surface area (Å²) < 4.78 is 28.0. The molecule has 2 heterocycles. The van der Waals surface area contributed by atoms with E-state index in [0.717, 1.165) is 30.2 Å². The Hall–Kier alpha value is -2.78. The minimum Gasteiger partial charge on any atom is -0.490 e. The van der Waals surface area contributed by atoms with Gasteiger partial charge in [-0.05, 0) is 57.4 Å². The molecule has 1 aliphatic carbocycles. The minimum absolute atomic E-state index is 0.101. The fraction of sp³-hybridized carbons (Fsp3) is 0.615. The third-order valence-corrected chi connectivity index (χ3v) is 5.94. The van der Waals surface area contributed by atoms with Crippen LogP contribution in [0.5, 0.6) is 5.75 Å². The molecule has 4 rings (SSSR count). The Balaban J connectivity index is 1.46. The van der Waals surface area contributed by atoms with Crippen LogP contribution in [0.2, 0.25) is 0 Å². The monoisotopic (exact) mass is 488 g/mol. The number of rotatable bonds is 9. The number of methoxy groups -OCH3 is 1. The van der Waals surface area contributed by atoms with E-state index in [1.54, 1.807) is 18.3 Å². The van der Waals surface area contributed by atoms with Crippen LogP contribution < -0.4 is 4.74 Å². The lowest BCUT2D eigenvalue weighted by atomic mass is 10.1. The molecule has 9 nitrogen and oxygen atoms in total. The Morgan fingerprint density at radius 1 is 1.20 bits per heavy atom. The second-order valence-electron chi connectivity index (χ2n) is 10.1. The lowest BCUT2D eigenvalue weighted by Crippen LogP contribution is -2.53.